The Labute approximate surface area is 123 Å². The van der Waals surface area contributed by atoms with Gasteiger partial charge in [-0.1, -0.05) is 23.8 Å². The third-order valence-corrected chi connectivity index (χ3v) is 4.26. The van der Waals surface area contributed by atoms with E-state index in [0.29, 0.717) is 0 Å². The van der Waals surface area contributed by atoms with E-state index in [0.717, 1.165) is 26.1 Å². The molecular weight excluding hydrogens is 246 g/mol. The van der Waals surface area contributed by atoms with E-state index in [9.17, 15) is 0 Å². The maximum atomic E-state index is 5.61. The molecule has 0 saturated carbocycles. The average molecular weight is 275 g/mol. The number of hydrogen-bond acceptors (Lipinski definition) is 3. The van der Waals surface area contributed by atoms with Crippen molar-refractivity contribution in [2.45, 2.75) is 33.2 Å². The maximum Gasteiger partial charge on any atom is 0.0237 e. The topological polar surface area (TPSA) is 32.5 Å². The van der Waals surface area contributed by atoms with Crippen LogP contribution in [0.15, 0.2) is 18.2 Å². The molecule has 3 heteroatoms. The number of hydrogen-bond donors (Lipinski definition) is 1. The van der Waals surface area contributed by atoms with Crippen LogP contribution in [0.1, 0.15) is 29.5 Å². The normalized spacial score (nSPS) is 18.1. The minimum atomic E-state index is 0.808. The van der Waals surface area contributed by atoms with Crippen molar-refractivity contribution in [1.29, 1.82) is 0 Å². The molecule has 3 nitrogen and oxygen atoms in total. The molecule has 0 unspecified atom stereocenters. The van der Waals surface area contributed by atoms with Crippen LogP contribution < -0.4 is 5.73 Å². The van der Waals surface area contributed by atoms with Gasteiger partial charge in [0.15, 0.2) is 0 Å². The maximum absolute atomic E-state index is 5.61. The molecule has 1 saturated heterocycles. The Hall–Kier alpha value is -0.900. The first-order valence-corrected chi connectivity index (χ1v) is 7.90. The zero-order chi connectivity index (χ0) is 14.4. The zero-order valence-electron chi connectivity index (χ0n) is 13.1. The van der Waals surface area contributed by atoms with E-state index in [4.69, 9.17) is 5.73 Å². The van der Waals surface area contributed by atoms with Crippen molar-refractivity contribution >= 4 is 0 Å². The Morgan fingerprint density at radius 2 is 1.80 bits per heavy atom. The Balaban J connectivity index is 1.89. The molecule has 0 bridgehead atoms. The minimum absolute atomic E-state index is 0.808. The fourth-order valence-corrected chi connectivity index (χ4v) is 2.93. The Bertz CT molecular complexity index is 417. The average Bonchev–Trinajstić information content (AvgIpc) is 2.66. The largest absolute Gasteiger partial charge is 0.330 e. The number of nitrogens with zero attached hydrogens (tertiary/aromatic N) is 2. The van der Waals surface area contributed by atoms with E-state index < -0.39 is 0 Å². The second-order valence-electron chi connectivity index (χ2n) is 6.04. The molecule has 20 heavy (non-hydrogen) atoms. The fraction of sp³-hybridized carbons (Fsp3) is 0.647. The molecule has 112 valence electrons. The third-order valence-electron chi connectivity index (χ3n) is 4.26. The van der Waals surface area contributed by atoms with Gasteiger partial charge in [0.2, 0.25) is 0 Å². The van der Waals surface area contributed by atoms with Crippen molar-refractivity contribution in [2.75, 3.05) is 39.3 Å². The van der Waals surface area contributed by atoms with E-state index in [2.05, 4.69) is 41.8 Å². The summed E-state index contributed by atoms with van der Waals surface area (Å²) in [6.07, 6.45) is 2.40. The van der Waals surface area contributed by atoms with Gasteiger partial charge in [0.25, 0.3) is 0 Å². The van der Waals surface area contributed by atoms with E-state index in [1.807, 2.05) is 0 Å². The molecule has 1 fully saturated rings. The van der Waals surface area contributed by atoms with Crippen molar-refractivity contribution in [3.8, 4) is 0 Å². The molecule has 1 aliphatic heterocycles. The third kappa shape index (κ3) is 4.58. The molecule has 0 radical (unpaired) electrons. The second kappa shape index (κ2) is 7.77. The van der Waals surface area contributed by atoms with E-state index in [1.54, 1.807) is 0 Å². The van der Waals surface area contributed by atoms with Gasteiger partial charge in [0.05, 0.1) is 0 Å². The standard InChI is InChI=1S/C17H29N3/c1-15-5-6-16(2)17(13-15)14-20-10-4-9-19(11-12-20)8-3-7-18/h5-6,13H,3-4,7-12,14,18H2,1-2H3. The van der Waals surface area contributed by atoms with Gasteiger partial charge >= 0.3 is 0 Å². The van der Waals surface area contributed by atoms with Crippen molar-refractivity contribution in [3.63, 3.8) is 0 Å². The lowest BCUT2D eigenvalue weighted by atomic mass is 10.1. The van der Waals surface area contributed by atoms with Crippen LogP contribution in [0.25, 0.3) is 0 Å². The van der Waals surface area contributed by atoms with Crippen molar-refractivity contribution < 1.29 is 0 Å². The first-order chi connectivity index (χ1) is 9.69. The first-order valence-electron chi connectivity index (χ1n) is 7.90. The lowest BCUT2D eigenvalue weighted by Crippen LogP contribution is -2.32. The lowest BCUT2D eigenvalue weighted by Gasteiger charge is -2.22. The molecule has 2 N–H and O–H groups in total. The quantitative estimate of drug-likeness (QED) is 0.894. The summed E-state index contributed by atoms with van der Waals surface area (Å²) in [5.41, 5.74) is 9.88. The highest BCUT2D eigenvalue weighted by molar-refractivity contribution is 5.30. The van der Waals surface area contributed by atoms with Gasteiger partial charge in [-0.15, -0.1) is 0 Å². The molecule has 0 aromatic heterocycles. The summed E-state index contributed by atoms with van der Waals surface area (Å²) in [7, 11) is 0. The highest BCUT2D eigenvalue weighted by Gasteiger charge is 2.15. The summed E-state index contributed by atoms with van der Waals surface area (Å²) in [5, 5.41) is 0. The number of aryl methyl sites for hydroxylation is 2. The lowest BCUT2D eigenvalue weighted by molar-refractivity contribution is 0.250. The molecular formula is C17H29N3. The van der Waals surface area contributed by atoms with Gasteiger partial charge in [0.1, 0.15) is 0 Å². The van der Waals surface area contributed by atoms with Gasteiger partial charge in [-0.2, -0.15) is 0 Å². The SMILES string of the molecule is Cc1ccc(C)c(CN2CCCN(CCCN)CC2)c1. The molecule has 0 spiro atoms. The van der Waals surface area contributed by atoms with E-state index in [1.165, 1.54) is 49.3 Å². The van der Waals surface area contributed by atoms with Crippen LogP contribution >= 0.6 is 0 Å². The van der Waals surface area contributed by atoms with Crippen LogP contribution in [-0.4, -0.2) is 49.1 Å². The van der Waals surface area contributed by atoms with Gasteiger partial charge in [-0.3, -0.25) is 4.90 Å². The second-order valence-corrected chi connectivity index (χ2v) is 6.04. The molecule has 1 aliphatic rings. The highest BCUT2D eigenvalue weighted by Crippen LogP contribution is 2.15. The number of rotatable bonds is 5. The summed E-state index contributed by atoms with van der Waals surface area (Å²) in [5.74, 6) is 0. The van der Waals surface area contributed by atoms with Crippen LogP contribution in [0, 0.1) is 13.8 Å². The molecule has 1 aromatic rings. The van der Waals surface area contributed by atoms with E-state index in [-0.39, 0.29) is 0 Å². The Morgan fingerprint density at radius 1 is 1.05 bits per heavy atom. The van der Waals surface area contributed by atoms with Gasteiger partial charge in [-0.25, -0.2) is 0 Å². The Morgan fingerprint density at radius 3 is 2.60 bits per heavy atom. The van der Waals surface area contributed by atoms with Gasteiger partial charge in [0, 0.05) is 19.6 Å². The minimum Gasteiger partial charge on any atom is -0.330 e. The van der Waals surface area contributed by atoms with Crippen molar-refractivity contribution in [1.82, 2.24) is 9.80 Å². The first kappa shape index (κ1) is 15.5. The molecule has 1 heterocycles. The number of nitrogens with two attached hydrogens (primary N) is 1. The zero-order valence-corrected chi connectivity index (χ0v) is 13.1. The summed E-state index contributed by atoms with van der Waals surface area (Å²) in [4.78, 5) is 5.17. The van der Waals surface area contributed by atoms with Crippen LogP contribution in [0.5, 0.6) is 0 Å². The van der Waals surface area contributed by atoms with Crippen molar-refractivity contribution in [2.24, 2.45) is 5.73 Å². The molecule has 0 aliphatic carbocycles. The summed E-state index contributed by atoms with van der Waals surface area (Å²) >= 11 is 0. The van der Waals surface area contributed by atoms with Gasteiger partial charge < -0.3 is 10.6 Å². The molecule has 0 atom stereocenters. The van der Waals surface area contributed by atoms with E-state index >= 15 is 0 Å². The van der Waals surface area contributed by atoms with Crippen LogP contribution in [0.3, 0.4) is 0 Å². The van der Waals surface area contributed by atoms with Crippen LogP contribution in [0.4, 0.5) is 0 Å². The summed E-state index contributed by atoms with van der Waals surface area (Å²) in [6, 6.07) is 6.79. The smallest absolute Gasteiger partial charge is 0.0237 e. The monoisotopic (exact) mass is 275 g/mol. The number of benzene rings is 1. The van der Waals surface area contributed by atoms with Crippen LogP contribution in [0.2, 0.25) is 0 Å². The van der Waals surface area contributed by atoms with Crippen molar-refractivity contribution in [3.05, 3.63) is 34.9 Å². The van der Waals surface area contributed by atoms with Gasteiger partial charge in [-0.05, 0) is 64.0 Å². The summed E-state index contributed by atoms with van der Waals surface area (Å²) in [6.45, 7) is 12.3. The summed E-state index contributed by atoms with van der Waals surface area (Å²) < 4.78 is 0. The highest BCUT2D eigenvalue weighted by atomic mass is 15.2. The Kier molecular flexibility index (Phi) is 6.02. The molecule has 2 rings (SSSR count). The van der Waals surface area contributed by atoms with Crippen LogP contribution in [-0.2, 0) is 6.54 Å². The molecule has 1 aromatic carbocycles. The predicted molar refractivity (Wildman–Crippen MR) is 85.9 cm³/mol. The predicted octanol–water partition coefficient (Wildman–Crippen LogP) is 2.16. The molecule has 0 amide bonds. The fourth-order valence-electron chi connectivity index (χ4n) is 2.93.